The molecule has 0 radical (unpaired) electrons. The van der Waals surface area contributed by atoms with E-state index >= 15 is 0 Å². The summed E-state index contributed by atoms with van der Waals surface area (Å²) in [6, 6.07) is 11.4. The molecule has 20 heavy (non-hydrogen) atoms. The van der Waals surface area contributed by atoms with Gasteiger partial charge in [0.05, 0.1) is 6.61 Å². The molecule has 0 aromatic heterocycles. The molecule has 1 atom stereocenters. The zero-order chi connectivity index (χ0) is 14.5. The van der Waals surface area contributed by atoms with Crippen LogP contribution in [0.1, 0.15) is 29.7 Å². The summed E-state index contributed by atoms with van der Waals surface area (Å²) >= 11 is 0. The smallest absolute Gasteiger partial charge is 0.159 e. The fraction of sp³-hybridized carbons (Fsp3) is 0.250. The van der Waals surface area contributed by atoms with Crippen molar-refractivity contribution in [3.05, 3.63) is 70.8 Å². The Morgan fingerprint density at radius 3 is 2.25 bits per heavy atom. The summed E-state index contributed by atoms with van der Waals surface area (Å²) < 4.78 is 26.0. The molecule has 0 aliphatic rings. The number of halogens is 2. The van der Waals surface area contributed by atoms with Crippen LogP contribution in [0.2, 0.25) is 0 Å². The summed E-state index contributed by atoms with van der Waals surface area (Å²) in [5, 5.41) is 12.2. The third kappa shape index (κ3) is 3.62. The summed E-state index contributed by atoms with van der Waals surface area (Å²) in [5.74, 6) is -1.66. The maximum Gasteiger partial charge on any atom is 0.159 e. The van der Waals surface area contributed by atoms with Gasteiger partial charge in [0.25, 0.3) is 0 Å². The highest BCUT2D eigenvalue weighted by Crippen LogP contribution is 2.16. The monoisotopic (exact) mass is 277 g/mol. The molecule has 2 nitrogen and oxygen atoms in total. The Hall–Kier alpha value is -1.78. The highest BCUT2D eigenvalue weighted by Gasteiger charge is 2.08. The lowest BCUT2D eigenvalue weighted by molar-refractivity contribution is 0.282. The maximum absolute atomic E-state index is 13.2. The molecule has 0 saturated carbocycles. The molecule has 2 rings (SSSR count). The van der Waals surface area contributed by atoms with Crippen molar-refractivity contribution in [1.29, 1.82) is 0 Å². The molecule has 0 bridgehead atoms. The van der Waals surface area contributed by atoms with Gasteiger partial charge in [0, 0.05) is 12.6 Å². The number of aliphatic hydroxyl groups is 1. The summed E-state index contributed by atoms with van der Waals surface area (Å²) in [7, 11) is 0. The van der Waals surface area contributed by atoms with Gasteiger partial charge in [0.2, 0.25) is 0 Å². The minimum Gasteiger partial charge on any atom is -0.392 e. The lowest BCUT2D eigenvalue weighted by atomic mass is 10.1. The first-order valence-electron chi connectivity index (χ1n) is 6.47. The van der Waals surface area contributed by atoms with Crippen molar-refractivity contribution < 1.29 is 13.9 Å². The van der Waals surface area contributed by atoms with E-state index in [1.807, 2.05) is 31.2 Å². The van der Waals surface area contributed by atoms with Crippen LogP contribution in [0.15, 0.2) is 42.5 Å². The lowest BCUT2D eigenvalue weighted by Crippen LogP contribution is -2.18. The Labute approximate surface area is 117 Å². The quantitative estimate of drug-likeness (QED) is 0.879. The Kier molecular flexibility index (Phi) is 4.82. The minimum absolute atomic E-state index is 0.0268. The summed E-state index contributed by atoms with van der Waals surface area (Å²) in [4.78, 5) is 0. The van der Waals surface area contributed by atoms with Gasteiger partial charge < -0.3 is 10.4 Å². The molecule has 0 heterocycles. The van der Waals surface area contributed by atoms with E-state index < -0.39 is 11.6 Å². The highest BCUT2D eigenvalue weighted by molar-refractivity contribution is 5.23. The van der Waals surface area contributed by atoms with E-state index in [9.17, 15) is 8.78 Å². The third-order valence-corrected chi connectivity index (χ3v) is 3.26. The molecule has 0 fully saturated rings. The Morgan fingerprint density at radius 1 is 1.00 bits per heavy atom. The van der Waals surface area contributed by atoms with Crippen LogP contribution < -0.4 is 5.32 Å². The number of aliphatic hydroxyl groups excluding tert-OH is 1. The highest BCUT2D eigenvalue weighted by atomic mass is 19.2. The van der Waals surface area contributed by atoms with Crippen LogP contribution in [0.25, 0.3) is 0 Å². The van der Waals surface area contributed by atoms with Crippen molar-refractivity contribution in [3.63, 3.8) is 0 Å². The number of nitrogens with one attached hydrogen (secondary N) is 1. The van der Waals surface area contributed by atoms with Gasteiger partial charge in [-0.3, -0.25) is 0 Å². The van der Waals surface area contributed by atoms with Crippen molar-refractivity contribution >= 4 is 0 Å². The molecule has 106 valence electrons. The average Bonchev–Trinajstić information content (AvgIpc) is 2.48. The van der Waals surface area contributed by atoms with Crippen LogP contribution in [0.3, 0.4) is 0 Å². The fourth-order valence-electron chi connectivity index (χ4n) is 1.93. The first-order chi connectivity index (χ1) is 9.60. The molecule has 0 amide bonds. The van der Waals surface area contributed by atoms with E-state index in [-0.39, 0.29) is 12.6 Å². The second-order valence-electron chi connectivity index (χ2n) is 4.75. The minimum atomic E-state index is -0.833. The fourth-order valence-corrected chi connectivity index (χ4v) is 1.93. The second-order valence-corrected chi connectivity index (χ2v) is 4.75. The second kappa shape index (κ2) is 6.59. The molecule has 2 N–H and O–H groups in total. The zero-order valence-corrected chi connectivity index (χ0v) is 11.2. The maximum atomic E-state index is 13.2. The first kappa shape index (κ1) is 14.6. The van der Waals surface area contributed by atoms with Crippen LogP contribution in [-0.2, 0) is 13.2 Å². The molecule has 2 aromatic rings. The average molecular weight is 277 g/mol. The topological polar surface area (TPSA) is 32.3 Å². The summed E-state index contributed by atoms with van der Waals surface area (Å²) in [6.45, 7) is 2.54. The molecule has 4 heteroatoms. The van der Waals surface area contributed by atoms with Crippen LogP contribution in [-0.4, -0.2) is 5.11 Å². The predicted octanol–water partition coefficient (Wildman–Crippen LogP) is 3.31. The molecule has 0 saturated heterocycles. The van der Waals surface area contributed by atoms with Gasteiger partial charge in [0.1, 0.15) is 0 Å². The van der Waals surface area contributed by atoms with Gasteiger partial charge in [-0.25, -0.2) is 8.78 Å². The predicted molar refractivity (Wildman–Crippen MR) is 74.0 cm³/mol. The van der Waals surface area contributed by atoms with E-state index in [1.54, 1.807) is 6.07 Å². The van der Waals surface area contributed by atoms with Gasteiger partial charge in [0.15, 0.2) is 11.6 Å². The largest absolute Gasteiger partial charge is 0.392 e. The molecular formula is C16H17F2NO. The lowest BCUT2D eigenvalue weighted by Gasteiger charge is -2.14. The van der Waals surface area contributed by atoms with E-state index in [4.69, 9.17) is 5.11 Å². The normalized spacial score (nSPS) is 12.4. The number of benzene rings is 2. The first-order valence-corrected chi connectivity index (χ1v) is 6.47. The van der Waals surface area contributed by atoms with Crippen molar-refractivity contribution in [2.75, 3.05) is 0 Å². The van der Waals surface area contributed by atoms with Gasteiger partial charge in [-0.15, -0.1) is 0 Å². The third-order valence-electron chi connectivity index (χ3n) is 3.26. The molecule has 0 aliphatic carbocycles. The van der Waals surface area contributed by atoms with E-state index in [2.05, 4.69) is 5.32 Å². The van der Waals surface area contributed by atoms with Gasteiger partial charge in [-0.05, 0) is 35.7 Å². The summed E-state index contributed by atoms with van der Waals surface area (Å²) in [5.41, 5.74) is 2.63. The van der Waals surface area contributed by atoms with Crippen molar-refractivity contribution in [2.45, 2.75) is 26.1 Å². The van der Waals surface area contributed by atoms with E-state index in [1.165, 1.54) is 6.07 Å². The van der Waals surface area contributed by atoms with Gasteiger partial charge >= 0.3 is 0 Å². The van der Waals surface area contributed by atoms with E-state index in [0.29, 0.717) is 12.1 Å². The van der Waals surface area contributed by atoms with Crippen LogP contribution in [0, 0.1) is 11.6 Å². The Bertz CT molecular complexity index is 569. The van der Waals surface area contributed by atoms with Crippen molar-refractivity contribution in [3.8, 4) is 0 Å². The SMILES string of the molecule is CC(NCc1ccc(CO)cc1)c1ccc(F)c(F)c1. The number of hydrogen-bond donors (Lipinski definition) is 2. The van der Waals surface area contributed by atoms with Crippen LogP contribution in [0.4, 0.5) is 8.78 Å². The Morgan fingerprint density at radius 2 is 1.65 bits per heavy atom. The van der Waals surface area contributed by atoms with Gasteiger partial charge in [-0.1, -0.05) is 30.3 Å². The van der Waals surface area contributed by atoms with E-state index in [0.717, 1.165) is 17.2 Å². The summed E-state index contributed by atoms with van der Waals surface area (Å²) in [6.07, 6.45) is 0. The number of hydrogen-bond acceptors (Lipinski definition) is 2. The van der Waals surface area contributed by atoms with Crippen LogP contribution in [0.5, 0.6) is 0 Å². The molecule has 0 aliphatic heterocycles. The zero-order valence-electron chi connectivity index (χ0n) is 11.2. The van der Waals surface area contributed by atoms with Crippen LogP contribution >= 0.6 is 0 Å². The van der Waals surface area contributed by atoms with Gasteiger partial charge in [-0.2, -0.15) is 0 Å². The molecule has 2 aromatic carbocycles. The number of rotatable bonds is 5. The molecular weight excluding hydrogens is 260 g/mol. The molecule has 1 unspecified atom stereocenters. The Balaban J connectivity index is 1.96. The van der Waals surface area contributed by atoms with Crippen molar-refractivity contribution in [1.82, 2.24) is 5.32 Å². The molecule has 0 spiro atoms. The van der Waals surface area contributed by atoms with Crippen molar-refractivity contribution in [2.24, 2.45) is 0 Å². The standard InChI is InChI=1S/C16H17F2NO/c1-11(14-6-7-15(17)16(18)8-14)19-9-12-2-4-13(10-20)5-3-12/h2-8,11,19-20H,9-10H2,1H3.